The number of rotatable bonds is 8. The molecule has 3 unspecified atom stereocenters. The molecule has 3 nitrogen and oxygen atoms in total. The zero-order chi connectivity index (χ0) is 23.5. The van der Waals surface area contributed by atoms with Gasteiger partial charge in [-0.2, -0.15) is 0 Å². The summed E-state index contributed by atoms with van der Waals surface area (Å²) in [6.07, 6.45) is 5.89. The van der Waals surface area contributed by atoms with Crippen molar-refractivity contribution in [1.82, 2.24) is 5.32 Å². The van der Waals surface area contributed by atoms with Crippen molar-refractivity contribution in [2.45, 2.75) is 50.7 Å². The van der Waals surface area contributed by atoms with Gasteiger partial charge in [-0.25, -0.2) is 0 Å². The van der Waals surface area contributed by atoms with E-state index in [0.717, 1.165) is 18.5 Å². The van der Waals surface area contributed by atoms with Crippen molar-refractivity contribution in [3.05, 3.63) is 95.6 Å². The van der Waals surface area contributed by atoms with Gasteiger partial charge >= 0.3 is 0 Å². The van der Waals surface area contributed by atoms with Crippen LogP contribution in [0.2, 0.25) is 0 Å². The lowest BCUT2D eigenvalue weighted by Gasteiger charge is -2.36. The van der Waals surface area contributed by atoms with E-state index in [1.54, 1.807) is 23.3 Å². The molecule has 4 heteroatoms. The van der Waals surface area contributed by atoms with Crippen LogP contribution in [0.4, 0.5) is 0 Å². The quantitative estimate of drug-likeness (QED) is 0.227. The van der Waals surface area contributed by atoms with Gasteiger partial charge in [0.1, 0.15) is 0 Å². The molecule has 5 rings (SSSR count). The minimum atomic E-state index is -0.458. The topological polar surface area (TPSA) is 52.5 Å². The Kier molecular flexibility index (Phi) is 7.04. The Balaban J connectivity index is 1.38. The first-order chi connectivity index (χ1) is 16.6. The van der Waals surface area contributed by atoms with E-state index in [1.807, 2.05) is 6.07 Å². The van der Waals surface area contributed by atoms with Crippen molar-refractivity contribution in [2.75, 3.05) is 6.54 Å². The van der Waals surface area contributed by atoms with E-state index in [0.29, 0.717) is 17.6 Å². The number of aromatic hydroxyl groups is 2. The average molecular weight is 472 g/mol. The van der Waals surface area contributed by atoms with Crippen molar-refractivity contribution in [1.29, 1.82) is 0 Å². The van der Waals surface area contributed by atoms with Crippen LogP contribution in [-0.4, -0.2) is 28.5 Å². The lowest BCUT2D eigenvalue weighted by Crippen LogP contribution is -2.41. The molecule has 2 aliphatic carbocycles. The second kappa shape index (κ2) is 10.3. The minimum absolute atomic E-state index is 0.0430. The molecule has 3 atom stereocenters. The van der Waals surface area contributed by atoms with Gasteiger partial charge in [0, 0.05) is 12.0 Å². The molecule has 0 bridgehead atoms. The van der Waals surface area contributed by atoms with Crippen molar-refractivity contribution < 1.29 is 10.2 Å². The fourth-order valence-corrected chi connectivity index (χ4v) is 9.18. The van der Waals surface area contributed by atoms with Crippen LogP contribution in [-0.2, 0) is 6.42 Å². The van der Waals surface area contributed by atoms with E-state index in [1.165, 1.54) is 36.3 Å². The highest BCUT2D eigenvalue weighted by Gasteiger charge is 2.43. The smallest absolute Gasteiger partial charge is 0.157 e. The summed E-state index contributed by atoms with van der Waals surface area (Å²) < 4.78 is 0. The summed E-state index contributed by atoms with van der Waals surface area (Å²) in [5.41, 5.74) is 5.11. The molecular weight excluding hydrogens is 437 g/mol. The summed E-state index contributed by atoms with van der Waals surface area (Å²) in [4.78, 5) is 0. The maximum atomic E-state index is 9.82. The van der Waals surface area contributed by atoms with Crippen LogP contribution in [0.25, 0.3) is 0 Å². The van der Waals surface area contributed by atoms with Crippen molar-refractivity contribution in [2.24, 2.45) is 5.92 Å². The Morgan fingerprint density at radius 2 is 1.56 bits per heavy atom. The molecule has 0 heterocycles. The van der Waals surface area contributed by atoms with Gasteiger partial charge in [0.2, 0.25) is 0 Å². The van der Waals surface area contributed by atoms with Gasteiger partial charge in [0.15, 0.2) is 11.5 Å². The molecule has 0 saturated heterocycles. The Hall–Kier alpha value is -2.61. The molecular formula is C30H34NO2P. The zero-order valence-corrected chi connectivity index (χ0v) is 20.7. The molecule has 3 aromatic carbocycles. The molecule has 3 N–H and O–H groups in total. The van der Waals surface area contributed by atoms with Crippen LogP contribution in [0.1, 0.15) is 38.2 Å². The predicted molar refractivity (Wildman–Crippen MR) is 143 cm³/mol. The third-order valence-electron chi connectivity index (χ3n) is 7.51. The van der Waals surface area contributed by atoms with E-state index in [4.69, 9.17) is 0 Å². The summed E-state index contributed by atoms with van der Waals surface area (Å²) in [5, 5.41) is 26.2. The summed E-state index contributed by atoms with van der Waals surface area (Å²) in [6.45, 7) is 3.22. The number of phenols is 2. The molecule has 0 aliphatic heterocycles. The van der Waals surface area contributed by atoms with E-state index in [2.05, 4.69) is 72.9 Å². The summed E-state index contributed by atoms with van der Waals surface area (Å²) >= 11 is 0. The molecule has 0 fully saturated rings. The van der Waals surface area contributed by atoms with Gasteiger partial charge in [0.25, 0.3) is 0 Å². The molecule has 34 heavy (non-hydrogen) atoms. The van der Waals surface area contributed by atoms with Crippen molar-refractivity contribution in [3.8, 4) is 11.5 Å². The first-order valence-corrected chi connectivity index (χ1v) is 13.9. The van der Waals surface area contributed by atoms with Gasteiger partial charge < -0.3 is 15.5 Å². The van der Waals surface area contributed by atoms with Crippen molar-refractivity contribution in [3.63, 3.8) is 0 Å². The average Bonchev–Trinajstić information content (AvgIpc) is 3.44. The molecule has 0 radical (unpaired) electrons. The molecule has 2 aliphatic rings. The summed E-state index contributed by atoms with van der Waals surface area (Å²) in [7, 11) is -0.458. The Labute approximate surface area is 204 Å². The fourth-order valence-electron chi connectivity index (χ4n) is 5.97. The molecule has 0 aromatic heterocycles. The van der Waals surface area contributed by atoms with Gasteiger partial charge in [-0.3, -0.25) is 0 Å². The Morgan fingerprint density at radius 1 is 0.882 bits per heavy atom. The van der Waals surface area contributed by atoms with E-state index >= 15 is 0 Å². The van der Waals surface area contributed by atoms with Crippen LogP contribution in [0.5, 0.6) is 11.5 Å². The number of nitrogens with one attached hydrogen (secondary N) is 1. The lowest BCUT2D eigenvalue weighted by molar-refractivity contribution is 0.402. The summed E-state index contributed by atoms with van der Waals surface area (Å²) in [6, 6.07) is 27.8. The number of benzene rings is 3. The first-order valence-electron chi connectivity index (χ1n) is 12.5. The van der Waals surface area contributed by atoms with Gasteiger partial charge in [0.05, 0.1) is 0 Å². The molecule has 0 amide bonds. The highest BCUT2D eigenvalue weighted by Crippen LogP contribution is 2.56. The highest BCUT2D eigenvalue weighted by molar-refractivity contribution is 7.73. The lowest BCUT2D eigenvalue weighted by atomic mass is 9.91. The SMILES string of the molecule is CC(NCCc1ccc(O)c(O)c1)C1C2=C(CCC2)CC1P(c1ccccc1)c1ccccc1. The van der Waals surface area contributed by atoms with E-state index < -0.39 is 7.92 Å². The van der Waals surface area contributed by atoms with Crippen LogP contribution < -0.4 is 15.9 Å². The standard InChI is InChI=1S/C30H34NO2P/c1-21(31-18-17-22-15-16-27(32)28(33)19-22)30-26-14-8-9-23(26)20-29(30)34(24-10-4-2-5-11-24)25-12-6-3-7-13-25/h2-7,10-13,15-16,19,21,29-33H,8-9,14,17-18,20H2,1H3. The van der Waals surface area contributed by atoms with Gasteiger partial charge in [-0.15, -0.1) is 0 Å². The second-order valence-corrected chi connectivity index (χ2v) is 12.1. The first kappa shape index (κ1) is 23.1. The van der Waals surface area contributed by atoms with Crippen LogP contribution >= 0.6 is 7.92 Å². The predicted octanol–water partition coefficient (Wildman–Crippen LogP) is 5.62. The van der Waals surface area contributed by atoms with Crippen LogP contribution in [0.3, 0.4) is 0 Å². The van der Waals surface area contributed by atoms with E-state index in [-0.39, 0.29) is 11.5 Å². The minimum Gasteiger partial charge on any atom is -0.504 e. The van der Waals surface area contributed by atoms with E-state index in [9.17, 15) is 10.2 Å². The Bertz CT molecular complexity index is 1110. The normalized spacial score (nSPS) is 20.6. The van der Waals surface area contributed by atoms with Crippen LogP contribution in [0.15, 0.2) is 90.0 Å². The monoisotopic (exact) mass is 471 g/mol. The third-order valence-corrected chi connectivity index (χ3v) is 10.4. The van der Waals surface area contributed by atoms with Gasteiger partial charge in [-0.05, 0) is 87.5 Å². The molecule has 3 aromatic rings. The third kappa shape index (κ3) is 4.78. The fraction of sp³-hybridized carbons (Fsp3) is 0.333. The molecule has 0 spiro atoms. The largest absolute Gasteiger partial charge is 0.504 e. The van der Waals surface area contributed by atoms with Crippen LogP contribution in [0, 0.1) is 5.92 Å². The number of hydrogen-bond acceptors (Lipinski definition) is 3. The molecule has 176 valence electrons. The highest BCUT2D eigenvalue weighted by atomic mass is 31.1. The molecule has 0 saturated carbocycles. The Morgan fingerprint density at radius 3 is 2.21 bits per heavy atom. The zero-order valence-electron chi connectivity index (χ0n) is 19.8. The van der Waals surface area contributed by atoms with Gasteiger partial charge in [-0.1, -0.05) is 77.9 Å². The number of phenolic OH excluding ortho intramolecular Hbond substituents is 2. The summed E-state index contributed by atoms with van der Waals surface area (Å²) in [5.74, 6) is 0.450. The number of allylic oxidation sites excluding steroid dienone is 1. The maximum Gasteiger partial charge on any atom is 0.157 e. The number of hydrogen-bond donors (Lipinski definition) is 3. The maximum absolute atomic E-state index is 9.82. The second-order valence-electron chi connectivity index (χ2n) is 9.64. The van der Waals surface area contributed by atoms with Crippen molar-refractivity contribution >= 4 is 18.5 Å².